The van der Waals surface area contributed by atoms with E-state index in [1.807, 2.05) is 23.4 Å². The van der Waals surface area contributed by atoms with E-state index in [4.69, 9.17) is 16.3 Å². The third-order valence-electron chi connectivity index (χ3n) is 6.83. The molecule has 0 saturated heterocycles. The van der Waals surface area contributed by atoms with E-state index in [1.54, 1.807) is 17.3 Å². The molecule has 4 N–H and O–H groups in total. The summed E-state index contributed by atoms with van der Waals surface area (Å²) < 4.78 is 21.0. The molecule has 1 aromatic heterocycles. The van der Waals surface area contributed by atoms with E-state index in [9.17, 15) is 4.21 Å². The van der Waals surface area contributed by atoms with Gasteiger partial charge in [-0.15, -0.1) is 0 Å². The summed E-state index contributed by atoms with van der Waals surface area (Å²) in [6.45, 7) is 10.6. The summed E-state index contributed by atoms with van der Waals surface area (Å²) in [6.07, 6.45) is 2.60. The van der Waals surface area contributed by atoms with Crippen LogP contribution < -0.4 is 21.3 Å². The molecule has 8 heteroatoms. The van der Waals surface area contributed by atoms with Crippen LogP contribution in [0, 0.1) is 13.8 Å². The van der Waals surface area contributed by atoms with Crippen LogP contribution in [0.5, 0.6) is 5.88 Å². The minimum atomic E-state index is -1.34. The molecular weight excluding hydrogens is 458 g/mol. The molecule has 0 fully saturated rings. The molecule has 0 spiro atoms. The van der Waals surface area contributed by atoms with Gasteiger partial charge in [0.05, 0.1) is 11.4 Å². The molecule has 1 aliphatic rings. The smallest absolute Gasteiger partial charge is 0.231 e. The van der Waals surface area contributed by atoms with Gasteiger partial charge in [-0.2, -0.15) is 0 Å². The predicted molar refractivity (Wildman–Crippen MR) is 143 cm³/mol. The van der Waals surface area contributed by atoms with Gasteiger partial charge in [0.2, 0.25) is 5.88 Å². The Morgan fingerprint density at radius 2 is 2.00 bits per heavy atom. The van der Waals surface area contributed by atoms with Crippen molar-refractivity contribution < 1.29 is 8.95 Å². The molecule has 4 rings (SSSR count). The monoisotopic (exact) mass is 493 g/mol. The first-order chi connectivity index (χ1) is 16.8. The molecule has 0 saturated carbocycles. The maximum atomic E-state index is 13.3. The van der Waals surface area contributed by atoms with Crippen molar-refractivity contribution in [1.29, 1.82) is 0 Å². The standard InChI is InChI=1S/C27H35N5O2S/c1-5-22(23-11-12-24(32(29)6-2)26(28)19(23)4)20-10-9-18(3)21(16-20)17-31-14-15-34-27-25(35(31)33)8-7-13-30-27/h7-13,16,22H,5-6,14-15,17,28-29H2,1-4H3. The van der Waals surface area contributed by atoms with Gasteiger partial charge in [-0.05, 0) is 73.2 Å². The number of fused-ring (bicyclic) bond motifs is 1. The van der Waals surface area contributed by atoms with Crippen LogP contribution >= 0.6 is 0 Å². The number of hydrazine groups is 1. The largest absolute Gasteiger partial charge is 0.475 e. The lowest BCUT2D eigenvalue weighted by molar-refractivity contribution is 0.272. The molecule has 0 bridgehead atoms. The zero-order chi connectivity index (χ0) is 25.1. The van der Waals surface area contributed by atoms with E-state index >= 15 is 0 Å². The number of aryl methyl sites for hydroxylation is 1. The molecule has 2 atom stereocenters. The van der Waals surface area contributed by atoms with Gasteiger partial charge in [0.15, 0.2) is 0 Å². The predicted octanol–water partition coefficient (Wildman–Crippen LogP) is 4.44. The van der Waals surface area contributed by atoms with Crippen LogP contribution in [-0.4, -0.2) is 33.2 Å². The van der Waals surface area contributed by atoms with Gasteiger partial charge >= 0.3 is 0 Å². The number of pyridine rings is 1. The lowest BCUT2D eigenvalue weighted by atomic mass is 9.84. The Labute approximate surface area is 210 Å². The van der Waals surface area contributed by atoms with E-state index in [2.05, 4.69) is 50.0 Å². The highest BCUT2D eigenvalue weighted by Crippen LogP contribution is 2.37. The summed E-state index contributed by atoms with van der Waals surface area (Å²) in [7, 11) is -1.34. The fourth-order valence-corrected chi connectivity index (χ4v) is 5.89. The van der Waals surface area contributed by atoms with Crippen molar-refractivity contribution in [3.05, 3.63) is 76.5 Å². The quantitative estimate of drug-likeness (QED) is 0.287. The number of anilines is 2. The number of nitrogens with zero attached hydrogens (tertiary/aromatic N) is 3. The first-order valence-electron chi connectivity index (χ1n) is 12.1. The van der Waals surface area contributed by atoms with Crippen LogP contribution in [0.25, 0.3) is 0 Å². The highest BCUT2D eigenvalue weighted by molar-refractivity contribution is 7.82. The molecule has 3 aromatic rings. The van der Waals surface area contributed by atoms with Gasteiger partial charge in [-0.1, -0.05) is 31.2 Å². The van der Waals surface area contributed by atoms with Crippen molar-refractivity contribution in [2.75, 3.05) is 30.4 Å². The van der Waals surface area contributed by atoms with Gasteiger partial charge < -0.3 is 15.5 Å². The Balaban J connectivity index is 1.65. The second-order valence-electron chi connectivity index (χ2n) is 8.91. The minimum absolute atomic E-state index is 0.196. The summed E-state index contributed by atoms with van der Waals surface area (Å²) in [5.41, 5.74) is 13.9. The lowest BCUT2D eigenvalue weighted by Gasteiger charge is -2.25. The second-order valence-corrected chi connectivity index (χ2v) is 10.4. The second kappa shape index (κ2) is 10.8. The topological polar surface area (TPSA) is 97.7 Å². The van der Waals surface area contributed by atoms with E-state index in [-0.39, 0.29) is 5.92 Å². The lowest BCUT2D eigenvalue weighted by Crippen LogP contribution is -2.31. The highest BCUT2D eigenvalue weighted by Gasteiger charge is 2.25. The molecule has 1 aliphatic heterocycles. The van der Waals surface area contributed by atoms with Gasteiger partial charge in [0.25, 0.3) is 0 Å². The van der Waals surface area contributed by atoms with Crippen molar-refractivity contribution >= 4 is 22.4 Å². The van der Waals surface area contributed by atoms with Crippen LogP contribution in [0.15, 0.2) is 53.6 Å². The number of benzene rings is 2. The molecule has 2 unspecified atom stereocenters. The molecule has 2 heterocycles. The first kappa shape index (κ1) is 25.2. The van der Waals surface area contributed by atoms with Crippen LogP contribution in [0.2, 0.25) is 0 Å². The zero-order valence-electron chi connectivity index (χ0n) is 21.0. The number of hydrogen-bond acceptors (Lipinski definition) is 6. The van der Waals surface area contributed by atoms with Crippen molar-refractivity contribution in [2.45, 2.75) is 51.5 Å². The summed E-state index contributed by atoms with van der Waals surface area (Å²) in [5, 5.41) is 1.68. The molecule has 2 aromatic carbocycles. The van der Waals surface area contributed by atoms with Gasteiger partial charge in [0.1, 0.15) is 22.5 Å². The summed E-state index contributed by atoms with van der Waals surface area (Å²) in [5.74, 6) is 6.78. The van der Waals surface area contributed by atoms with Gasteiger partial charge in [-0.3, -0.25) is 0 Å². The van der Waals surface area contributed by atoms with Crippen molar-refractivity contribution in [3.63, 3.8) is 0 Å². The van der Waals surface area contributed by atoms with Crippen molar-refractivity contribution in [1.82, 2.24) is 9.29 Å². The summed E-state index contributed by atoms with van der Waals surface area (Å²) in [6, 6.07) is 14.4. The average molecular weight is 494 g/mol. The Hall–Kier alpha value is -2.94. The Morgan fingerprint density at radius 1 is 1.20 bits per heavy atom. The molecule has 0 radical (unpaired) electrons. The maximum absolute atomic E-state index is 13.3. The van der Waals surface area contributed by atoms with Crippen molar-refractivity contribution in [2.24, 2.45) is 5.84 Å². The van der Waals surface area contributed by atoms with Gasteiger partial charge in [0, 0.05) is 31.7 Å². The summed E-state index contributed by atoms with van der Waals surface area (Å²) >= 11 is 0. The Morgan fingerprint density at radius 3 is 2.74 bits per heavy atom. The molecule has 7 nitrogen and oxygen atoms in total. The first-order valence-corrected chi connectivity index (χ1v) is 13.2. The Bertz CT molecular complexity index is 1230. The number of aromatic nitrogens is 1. The maximum Gasteiger partial charge on any atom is 0.231 e. The highest BCUT2D eigenvalue weighted by atomic mass is 32.2. The number of rotatable bonds is 7. The SMILES string of the molecule is CCC(c1ccc(C)c(CN2CCOc3ncccc3S2=O)c1)c1ccc(N(N)CC)c(N)c1C. The fourth-order valence-electron chi connectivity index (χ4n) is 4.65. The number of nitrogen functional groups attached to an aromatic ring is 1. The molecule has 35 heavy (non-hydrogen) atoms. The third kappa shape index (κ3) is 5.05. The van der Waals surface area contributed by atoms with E-state index in [1.165, 1.54) is 16.7 Å². The van der Waals surface area contributed by atoms with Crippen LogP contribution in [0.1, 0.15) is 54.0 Å². The van der Waals surface area contributed by atoms with Crippen LogP contribution in [0.3, 0.4) is 0 Å². The number of nitrogens with two attached hydrogens (primary N) is 2. The average Bonchev–Trinajstić information content (AvgIpc) is 3.02. The van der Waals surface area contributed by atoms with Crippen LogP contribution in [0.4, 0.5) is 11.4 Å². The van der Waals surface area contributed by atoms with Crippen molar-refractivity contribution in [3.8, 4) is 5.88 Å². The molecule has 186 valence electrons. The number of ether oxygens (including phenoxy) is 1. The normalized spacial score (nSPS) is 16.8. The molecular formula is C27H35N5O2S. The van der Waals surface area contributed by atoms with E-state index in [0.29, 0.717) is 37.0 Å². The van der Waals surface area contributed by atoms with E-state index < -0.39 is 11.0 Å². The molecule has 0 amide bonds. The minimum Gasteiger partial charge on any atom is -0.475 e. The Kier molecular flexibility index (Phi) is 7.74. The zero-order valence-corrected chi connectivity index (χ0v) is 21.8. The number of hydrogen-bond donors (Lipinski definition) is 2. The summed E-state index contributed by atoms with van der Waals surface area (Å²) in [4.78, 5) is 4.87. The van der Waals surface area contributed by atoms with Gasteiger partial charge in [-0.25, -0.2) is 19.3 Å². The molecule has 0 aliphatic carbocycles. The van der Waals surface area contributed by atoms with Crippen LogP contribution in [-0.2, 0) is 17.5 Å². The third-order valence-corrected chi connectivity index (χ3v) is 8.30. The van der Waals surface area contributed by atoms with E-state index in [0.717, 1.165) is 28.9 Å². The fraction of sp³-hybridized carbons (Fsp3) is 0.370.